The van der Waals surface area contributed by atoms with Crippen molar-refractivity contribution >= 4 is 5.91 Å². The Bertz CT molecular complexity index is 447. The van der Waals surface area contributed by atoms with Crippen LogP contribution in [-0.2, 0) is 14.9 Å². The molecular formula is C17H23NO2. The van der Waals surface area contributed by atoms with E-state index in [-0.39, 0.29) is 11.3 Å². The van der Waals surface area contributed by atoms with Gasteiger partial charge in [0.05, 0.1) is 6.10 Å². The first-order chi connectivity index (χ1) is 9.78. The summed E-state index contributed by atoms with van der Waals surface area (Å²) in [6.07, 6.45) is 6.39. The Morgan fingerprint density at radius 1 is 1.30 bits per heavy atom. The second-order valence-corrected chi connectivity index (χ2v) is 6.10. The van der Waals surface area contributed by atoms with E-state index in [1.807, 2.05) is 6.07 Å². The molecular weight excluding hydrogens is 250 g/mol. The lowest BCUT2D eigenvalue weighted by atomic mass is 9.96. The Balaban J connectivity index is 1.43. The second kappa shape index (κ2) is 5.96. The Hall–Kier alpha value is -1.35. The Morgan fingerprint density at radius 3 is 2.75 bits per heavy atom. The number of ether oxygens (including phenoxy) is 1. The van der Waals surface area contributed by atoms with Crippen molar-refractivity contribution < 1.29 is 9.53 Å². The highest BCUT2D eigenvalue weighted by molar-refractivity contribution is 5.76. The van der Waals surface area contributed by atoms with Gasteiger partial charge in [-0.3, -0.25) is 4.79 Å². The van der Waals surface area contributed by atoms with Crippen molar-refractivity contribution in [2.75, 3.05) is 13.2 Å². The van der Waals surface area contributed by atoms with Gasteiger partial charge >= 0.3 is 0 Å². The molecule has 3 rings (SSSR count). The third-order valence-corrected chi connectivity index (χ3v) is 4.58. The number of nitrogens with one attached hydrogen (secondary N) is 1. The summed E-state index contributed by atoms with van der Waals surface area (Å²) >= 11 is 0. The van der Waals surface area contributed by atoms with Crippen LogP contribution in [0.2, 0.25) is 0 Å². The molecule has 0 aromatic heterocycles. The molecule has 0 radical (unpaired) electrons. The zero-order valence-corrected chi connectivity index (χ0v) is 11.9. The quantitative estimate of drug-likeness (QED) is 0.865. The molecule has 1 atom stereocenters. The molecule has 1 saturated heterocycles. The topological polar surface area (TPSA) is 38.3 Å². The molecule has 108 valence electrons. The van der Waals surface area contributed by atoms with E-state index in [0.29, 0.717) is 12.5 Å². The fourth-order valence-corrected chi connectivity index (χ4v) is 3.03. The minimum absolute atomic E-state index is 0.169. The number of rotatable bonds is 6. The van der Waals surface area contributed by atoms with E-state index in [1.165, 1.54) is 18.4 Å². The van der Waals surface area contributed by atoms with E-state index >= 15 is 0 Å². The number of hydrogen-bond acceptors (Lipinski definition) is 2. The highest BCUT2D eigenvalue weighted by atomic mass is 16.5. The van der Waals surface area contributed by atoms with Crippen LogP contribution in [0.15, 0.2) is 30.3 Å². The maximum absolute atomic E-state index is 11.9. The first-order valence-corrected chi connectivity index (χ1v) is 7.72. The molecule has 0 bridgehead atoms. The zero-order valence-electron chi connectivity index (χ0n) is 11.9. The molecule has 20 heavy (non-hydrogen) atoms. The van der Waals surface area contributed by atoms with Crippen LogP contribution >= 0.6 is 0 Å². The van der Waals surface area contributed by atoms with Gasteiger partial charge in [0.15, 0.2) is 0 Å². The van der Waals surface area contributed by atoms with Crippen molar-refractivity contribution in [3.8, 4) is 0 Å². The fraction of sp³-hybridized carbons (Fsp3) is 0.588. The predicted octanol–water partition coefficient (Wildman–Crippen LogP) is 2.79. The van der Waals surface area contributed by atoms with Gasteiger partial charge in [0, 0.05) is 25.0 Å². The molecule has 1 N–H and O–H groups in total. The number of hydrogen-bond donors (Lipinski definition) is 1. The number of carbonyl (C=O) groups is 1. The molecule has 1 aromatic carbocycles. The monoisotopic (exact) mass is 273 g/mol. The van der Waals surface area contributed by atoms with E-state index < -0.39 is 0 Å². The predicted molar refractivity (Wildman–Crippen MR) is 78.6 cm³/mol. The maximum Gasteiger partial charge on any atom is 0.220 e. The smallest absolute Gasteiger partial charge is 0.220 e. The van der Waals surface area contributed by atoms with Crippen LogP contribution in [0.4, 0.5) is 0 Å². The first kappa shape index (κ1) is 13.6. The largest absolute Gasteiger partial charge is 0.378 e. The van der Waals surface area contributed by atoms with E-state index in [4.69, 9.17) is 4.74 Å². The third-order valence-electron chi connectivity index (χ3n) is 4.58. The highest BCUT2D eigenvalue weighted by Crippen LogP contribution is 2.47. The first-order valence-electron chi connectivity index (χ1n) is 7.72. The van der Waals surface area contributed by atoms with Gasteiger partial charge in [0.25, 0.3) is 0 Å². The molecule has 0 spiro atoms. The lowest BCUT2D eigenvalue weighted by Gasteiger charge is -2.17. The molecule has 2 fully saturated rings. The normalized spacial score (nSPS) is 23.5. The zero-order chi connectivity index (χ0) is 13.8. The van der Waals surface area contributed by atoms with Crippen molar-refractivity contribution in [3.63, 3.8) is 0 Å². The molecule has 1 amide bonds. The number of carbonyl (C=O) groups excluding carboxylic acids is 1. The van der Waals surface area contributed by atoms with Crippen molar-refractivity contribution in [3.05, 3.63) is 35.9 Å². The van der Waals surface area contributed by atoms with Crippen molar-refractivity contribution in [1.82, 2.24) is 5.32 Å². The van der Waals surface area contributed by atoms with Gasteiger partial charge in [-0.1, -0.05) is 30.3 Å². The summed E-state index contributed by atoms with van der Waals surface area (Å²) in [6.45, 7) is 1.64. The maximum atomic E-state index is 11.9. The second-order valence-electron chi connectivity index (χ2n) is 6.10. The minimum atomic E-state index is 0.169. The highest BCUT2D eigenvalue weighted by Gasteiger charge is 2.44. The van der Waals surface area contributed by atoms with Gasteiger partial charge < -0.3 is 10.1 Å². The molecule has 1 saturated carbocycles. The van der Waals surface area contributed by atoms with Crippen LogP contribution in [0.3, 0.4) is 0 Å². The summed E-state index contributed by atoms with van der Waals surface area (Å²) in [5.41, 5.74) is 1.57. The SMILES string of the molecule is O=C(CCC1CCCO1)NCC1(c2ccccc2)CC1. The molecule has 3 nitrogen and oxygen atoms in total. The van der Waals surface area contributed by atoms with Gasteiger partial charge in [-0.15, -0.1) is 0 Å². The van der Waals surface area contributed by atoms with Crippen LogP contribution in [0.1, 0.15) is 44.1 Å². The molecule has 1 aromatic rings. The van der Waals surface area contributed by atoms with Crippen LogP contribution in [0, 0.1) is 0 Å². The van der Waals surface area contributed by atoms with Gasteiger partial charge in [0.1, 0.15) is 0 Å². The van der Waals surface area contributed by atoms with Crippen LogP contribution in [0.25, 0.3) is 0 Å². The van der Waals surface area contributed by atoms with Gasteiger partial charge in [0.2, 0.25) is 5.91 Å². The van der Waals surface area contributed by atoms with E-state index in [0.717, 1.165) is 32.4 Å². The van der Waals surface area contributed by atoms with Crippen molar-refractivity contribution in [2.24, 2.45) is 0 Å². The summed E-state index contributed by atoms with van der Waals surface area (Å²) in [6, 6.07) is 10.5. The van der Waals surface area contributed by atoms with Gasteiger partial charge in [-0.05, 0) is 37.7 Å². The molecule has 1 unspecified atom stereocenters. The fourth-order valence-electron chi connectivity index (χ4n) is 3.03. The molecule has 1 aliphatic carbocycles. The summed E-state index contributed by atoms with van der Waals surface area (Å²) in [4.78, 5) is 11.9. The van der Waals surface area contributed by atoms with E-state index in [1.54, 1.807) is 0 Å². The van der Waals surface area contributed by atoms with Crippen LogP contribution in [0.5, 0.6) is 0 Å². The van der Waals surface area contributed by atoms with Crippen LogP contribution in [-0.4, -0.2) is 25.2 Å². The number of amides is 1. The Kier molecular flexibility index (Phi) is 4.06. The lowest BCUT2D eigenvalue weighted by Crippen LogP contribution is -2.32. The van der Waals surface area contributed by atoms with Crippen molar-refractivity contribution in [1.29, 1.82) is 0 Å². The molecule has 3 heteroatoms. The Labute approximate surface area is 120 Å². The standard InChI is InChI=1S/C17H23NO2/c19-16(9-8-15-7-4-12-20-15)18-13-17(10-11-17)14-5-2-1-3-6-14/h1-3,5-6,15H,4,7-13H2,(H,18,19). The van der Waals surface area contributed by atoms with Crippen molar-refractivity contribution in [2.45, 2.75) is 50.0 Å². The van der Waals surface area contributed by atoms with Crippen LogP contribution < -0.4 is 5.32 Å². The summed E-state index contributed by atoms with van der Waals surface area (Å²) < 4.78 is 5.55. The minimum Gasteiger partial charge on any atom is -0.378 e. The third kappa shape index (κ3) is 3.21. The Morgan fingerprint density at radius 2 is 2.10 bits per heavy atom. The summed E-state index contributed by atoms with van der Waals surface area (Å²) in [5, 5.41) is 3.11. The lowest BCUT2D eigenvalue weighted by molar-refractivity contribution is -0.121. The van der Waals surface area contributed by atoms with E-state index in [2.05, 4.69) is 29.6 Å². The molecule has 1 heterocycles. The summed E-state index contributed by atoms with van der Waals surface area (Å²) in [7, 11) is 0. The van der Waals surface area contributed by atoms with Gasteiger partial charge in [-0.2, -0.15) is 0 Å². The molecule has 1 aliphatic heterocycles. The van der Waals surface area contributed by atoms with E-state index in [9.17, 15) is 4.79 Å². The molecule has 2 aliphatic rings. The number of benzene rings is 1. The average molecular weight is 273 g/mol. The summed E-state index contributed by atoms with van der Waals surface area (Å²) in [5.74, 6) is 0.169. The average Bonchev–Trinajstić information content (AvgIpc) is 3.11. The van der Waals surface area contributed by atoms with Gasteiger partial charge in [-0.25, -0.2) is 0 Å².